The SMILES string of the molecule is O=C(CCCCCN1C(=O)c2cccc3cccc(c23)C1=O)Nc1ccc(I)cc1. The Labute approximate surface area is 188 Å². The third-order valence-corrected chi connectivity index (χ3v) is 5.99. The average Bonchev–Trinajstić information content (AvgIpc) is 2.75. The Bertz CT molecular complexity index is 1070. The van der Waals surface area contributed by atoms with Crippen molar-refractivity contribution in [2.45, 2.75) is 25.7 Å². The van der Waals surface area contributed by atoms with Gasteiger partial charge in [-0.25, -0.2) is 0 Å². The molecule has 0 radical (unpaired) electrons. The number of unbranched alkanes of at least 4 members (excludes halogenated alkanes) is 2. The number of nitrogens with one attached hydrogen (secondary N) is 1. The molecule has 0 aliphatic carbocycles. The monoisotopic (exact) mass is 512 g/mol. The van der Waals surface area contributed by atoms with E-state index in [1.807, 2.05) is 48.5 Å². The summed E-state index contributed by atoms with van der Waals surface area (Å²) in [6.45, 7) is 0.362. The van der Waals surface area contributed by atoms with Gasteiger partial charge in [0.25, 0.3) is 11.8 Å². The Morgan fingerprint density at radius 3 is 2.10 bits per heavy atom. The minimum Gasteiger partial charge on any atom is -0.326 e. The van der Waals surface area contributed by atoms with Crippen LogP contribution in [0.2, 0.25) is 0 Å². The number of nitrogens with zero attached hydrogens (tertiary/aromatic N) is 1. The molecule has 3 aromatic rings. The third kappa shape index (κ3) is 4.23. The van der Waals surface area contributed by atoms with E-state index in [4.69, 9.17) is 0 Å². The molecule has 1 N–H and O–H groups in total. The summed E-state index contributed by atoms with van der Waals surface area (Å²) in [5, 5.41) is 4.54. The Morgan fingerprint density at radius 2 is 1.47 bits per heavy atom. The summed E-state index contributed by atoms with van der Waals surface area (Å²) >= 11 is 2.22. The van der Waals surface area contributed by atoms with Gasteiger partial charge < -0.3 is 5.32 Å². The van der Waals surface area contributed by atoms with Gasteiger partial charge in [0.05, 0.1) is 0 Å². The first-order valence-corrected chi connectivity index (χ1v) is 11.1. The number of hydrogen-bond acceptors (Lipinski definition) is 3. The molecule has 0 bridgehead atoms. The fraction of sp³-hybridized carbons (Fsp3) is 0.208. The van der Waals surface area contributed by atoms with Crippen LogP contribution in [-0.2, 0) is 4.79 Å². The lowest BCUT2D eigenvalue weighted by atomic mass is 9.94. The number of carbonyl (C=O) groups excluding carboxylic acids is 3. The van der Waals surface area contributed by atoms with E-state index in [0.717, 1.165) is 26.5 Å². The Kier molecular flexibility index (Phi) is 6.13. The molecule has 1 aliphatic rings. The van der Waals surface area contributed by atoms with Crippen LogP contribution in [0.25, 0.3) is 10.8 Å². The zero-order valence-corrected chi connectivity index (χ0v) is 18.5. The second-order valence-corrected chi connectivity index (χ2v) is 8.58. The van der Waals surface area contributed by atoms with Crippen LogP contribution in [0.1, 0.15) is 46.4 Å². The number of hydrogen-bond donors (Lipinski definition) is 1. The first-order chi connectivity index (χ1) is 14.5. The predicted molar refractivity (Wildman–Crippen MR) is 126 cm³/mol. The van der Waals surface area contributed by atoms with Crippen LogP contribution in [0.5, 0.6) is 0 Å². The molecule has 4 rings (SSSR count). The van der Waals surface area contributed by atoms with Crippen LogP contribution in [0.15, 0.2) is 60.7 Å². The van der Waals surface area contributed by atoms with Crippen molar-refractivity contribution in [1.29, 1.82) is 0 Å². The molecule has 0 atom stereocenters. The highest BCUT2D eigenvalue weighted by atomic mass is 127. The van der Waals surface area contributed by atoms with Gasteiger partial charge in [-0.05, 0) is 77.2 Å². The summed E-state index contributed by atoms with van der Waals surface area (Å²) in [6, 6.07) is 18.7. The summed E-state index contributed by atoms with van der Waals surface area (Å²) in [5.41, 5.74) is 1.96. The molecule has 0 saturated carbocycles. The molecule has 0 spiro atoms. The lowest BCUT2D eigenvalue weighted by molar-refractivity contribution is -0.116. The second kappa shape index (κ2) is 8.95. The maximum absolute atomic E-state index is 12.9. The van der Waals surface area contributed by atoms with Crippen molar-refractivity contribution in [2.75, 3.05) is 11.9 Å². The third-order valence-electron chi connectivity index (χ3n) is 5.27. The molecule has 6 heteroatoms. The van der Waals surface area contributed by atoms with Gasteiger partial charge >= 0.3 is 0 Å². The van der Waals surface area contributed by atoms with E-state index in [1.54, 1.807) is 12.1 Å². The summed E-state index contributed by atoms with van der Waals surface area (Å²) < 4.78 is 1.12. The van der Waals surface area contributed by atoms with Crippen molar-refractivity contribution >= 4 is 56.8 Å². The van der Waals surface area contributed by atoms with Crippen LogP contribution >= 0.6 is 22.6 Å². The molecule has 0 fully saturated rings. The number of carbonyl (C=O) groups is 3. The van der Waals surface area contributed by atoms with Crippen LogP contribution < -0.4 is 5.32 Å². The summed E-state index contributed by atoms with van der Waals surface area (Å²) in [5.74, 6) is -0.497. The molecular weight excluding hydrogens is 491 g/mol. The van der Waals surface area contributed by atoms with Gasteiger partial charge in [-0.2, -0.15) is 0 Å². The topological polar surface area (TPSA) is 66.5 Å². The highest BCUT2D eigenvalue weighted by molar-refractivity contribution is 14.1. The quantitative estimate of drug-likeness (QED) is 0.268. The summed E-state index contributed by atoms with van der Waals surface area (Å²) in [4.78, 5) is 39.1. The van der Waals surface area contributed by atoms with E-state index in [0.29, 0.717) is 36.9 Å². The minimum atomic E-state index is -0.235. The van der Waals surface area contributed by atoms with Crippen molar-refractivity contribution in [3.05, 3.63) is 75.4 Å². The van der Waals surface area contributed by atoms with Gasteiger partial charge in [-0.15, -0.1) is 0 Å². The fourth-order valence-corrected chi connectivity index (χ4v) is 4.13. The van der Waals surface area contributed by atoms with E-state index in [9.17, 15) is 14.4 Å². The van der Waals surface area contributed by atoms with Gasteiger partial charge in [0.2, 0.25) is 5.91 Å². The van der Waals surface area contributed by atoms with Gasteiger partial charge in [0.1, 0.15) is 0 Å². The Hall–Kier alpha value is -2.74. The van der Waals surface area contributed by atoms with Gasteiger partial charge in [-0.3, -0.25) is 19.3 Å². The molecule has 0 aromatic heterocycles. The number of anilines is 1. The van der Waals surface area contributed by atoms with E-state index >= 15 is 0 Å². The number of benzene rings is 3. The molecule has 1 heterocycles. The second-order valence-electron chi connectivity index (χ2n) is 7.34. The van der Waals surface area contributed by atoms with Crippen molar-refractivity contribution in [2.24, 2.45) is 0 Å². The summed E-state index contributed by atoms with van der Waals surface area (Å²) in [6.07, 6.45) is 2.56. The molecule has 0 saturated heterocycles. The smallest absolute Gasteiger partial charge is 0.261 e. The van der Waals surface area contributed by atoms with Crippen LogP contribution in [-0.4, -0.2) is 29.2 Å². The Balaban J connectivity index is 1.29. The molecule has 0 unspecified atom stereocenters. The van der Waals surface area contributed by atoms with Gasteiger partial charge in [-0.1, -0.05) is 30.7 Å². The highest BCUT2D eigenvalue weighted by Crippen LogP contribution is 2.30. The van der Waals surface area contributed by atoms with Crippen LogP contribution in [0.4, 0.5) is 5.69 Å². The van der Waals surface area contributed by atoms with Crippen LogP contribution in [0.3, 0.4) is 0 Å². The van der Waals surface area contributed by atoms with E-state index < -0.39 is 0 Å². The van der Waals surface area contributed by atoms with Crippen molar-refractivity contribution < 1.29 is 14.4 Å². The van der Waals surface area contributed by atoms with Crippen LogP contribution in [0, 0.1) is 3.57 Å². The Morgan fingerprint density at radius 1 is 0.833 bits per heavy atom. The maximum Gasteiger partial charge on any atom is 0.261 e. The minimum absolute atomic E-state index is 0.0260. The molecular formula is C24H21IN2O3. The molecule has 3 amide bonds. The normalized spacial score (nSPS) is 13.0. The lowest BCUT2D eigenvalue weighted by Gasteiger charge is -2.27. The standard InChI is InChI=1S/C24H21IN2O3/c25-17-11-13-18(14-12-17)26-21(28)10-2-1-3-15-27-23(29)19-8-4-6-16-7-5-9-20(22(16)19)24(27)30/h4-9,11-14H,1-3,10,15H2,(H,26,28). The number of amides is 3. The zero-order valence-electron chi connectivity index (χ0n) is 16.4. The van der Waals surface area contributed by atoms with Crippen molar-refractivity contribution in [1.82, 2.24) is 4.90 Å². The maximum atomic E-state index is 12.9. The van der Waals surface area contributed by atoms with Crippen molar-refractivity contribution in [3.63, 3.8) is 0 Å². The first-order valence-electron chi connectivity index (χ1n) is 9.98. The predicted octanol–water partition coefficient (Wildman–Crippen LogP) is 5.24. The number of imide groups is 1. The van der Waals surface area contributed by atoms with E-state index in [1.165, 1.54) is 4.90 Å². The van der Waals surface area contributed by atoms with E-state index in [-0.39, 0.29) is 17.7 Å². The van der Waals surface area contributed by atoms with Gasteiger partial charge in [0, 0.05) is 38.7 Å². The average molecular weight is 512 g/mol. The number of halogens is 1. The highest BCUT2D eigenvalue weighted by Gasteiger charge is 2.31. The molecule has 3 aromatic carbocycles. The molecule has 1 aliphatic heterocycles. The first kappa shape index (κ1) is 20.5. The fourth-order valence-electron chi connectivity index (χ4n) is 3.77. The number of rotatable bonds is 7. The van der Waals surface area contributed by atoms with E-state index in [2.05, 4.69) is 27.9 Å². The van der Waals surface area contributed by atoms with Crippen molar-refractivity contribution in [3.8, 4) is 0 Å². The van der Waals surface area contributed by atoms with Gasteiger partial charge in [0.15, 0.2) is 0 Å². The molecule has 30 heavy (non-hydrogen) atoms. The lowest BCUT2D eigenvalue weighted by Crippen LogP contribution is -2.40. The zero-order chi connectivity index (χ0) is 21.1. The largest absolute Gasteiger partial charge is 0.326 e. The summed E-state index contributed by atoms with van der Waals surface area (Å²) in [7, 11) is 0. The molecule has 5 nitrogen and oxygen atoms in total. The molecule has 152 valence electrons.